The van der Waals surface area contributed by atoms with Crippen molar-refractivity contribution in [3.63, 3.8) is 0 Å². The van der Waals surface area contributed by atoms with E-state index in [0.29, 0.717) is 6.92 Å². The standard InChI is InChI=1S/C4H6O5/c1-4(9,2(5)6)3(7)8/h9H,1H3,(H,5,6)(H,7,8). The Labute approximate surface area is 50.5 Å². The Morgan fingerprint density at radius 3 is 1.44 bits per heavy atom. The van der Waals surface area contributed by atoms with E-state index in [0.717, 1.165) is 0 Å². The molecule has 0 aromatic rings. The minimum Gasteiger partial charge on any atom is -0.479 e. The molecule has 5 heteroatoms. The molecule has 52 valence electrons. The van der Waals surface area contributed by atoms with Gasteiger partial charge < -0.3 is 15.3 Å². The largest absolute Gasteiger partial charge is 0.479 e. The molecular formula is C4H6O5. The van der Waals surface area contributed by atoms with Crippen molar-refractivity contribution in [2.45, 2.75) is 12.5 Å². The zero-order valence-electron chi connectivity index (χ0n) is 4.66. The van der Waals surface area contributed by atoms with Gasteiger partial charge in [0.15, 0.2) is 0 Å². The molecule has 0 rings (SSSR count). The average Bonchev–Trinajstić information content (AvgIpc) is 1.65. The zero-order chi connectivity index (χ0) is 7.65. The van der Waals surface area contributed by atoms with Gasteiger partial charge in [-0.3, -0.25) is 0 Å². The van der Waals surface area contributed by atoms with Crippen LogP contribution in [0, 0.1) is 0 Å². The minimum absolute atomic E-state index is 0.692. The summed E-state index contributed by atoms with van der Waals surface area (Å²) in [7, 11) is 0. The van der Waals surface area contributed by atoms with Gasteiger partial charge in [0.05, 0.1) is 0 Å². The molecule has 5 nitrogen and oxygen atoms in total. The second kappa shape index (κ2) is 2.02. The zero-order valence-corrected chi connectivity index (χ0v) is 4.66. The highest BCUT2D eigenvalue weighted by atomic mass is 16.4. The van der Waals surface area contributed by atoms with E-state index >= 15 is 0 Å². The van der Waals surface area contributed by atoms with Gasteiger partial charge in [0.25, 0.3) is 5.60 Å². The van der Waals surface area contributed by atoms with Crippen molar-refractivity contribution in [2.75, 3.05) is 0 Å². The maximum Gasteiger partial charge on any atom is 0.347 e. The van der Waals surface area contributed by atoms with Gasteiger partial charge in [-0.15, -0.1) is 0 Å². The van der Waals surface area contributed by atoms with E-state index in [1.54, 1.807) is 0 Å². The SMILES string of the molecule is CC(O)(C(=O)O)C(=O)O. The number of rotatable bonds is 2. The molecule has 0 saturated heterocycles. The quantitative estimate of drug-likeness (QED) is 0.417. The van der Waals surface area contributed by atoms with Crippen LogP contribution in [0.1, 0.15) is 6.92 Å². The number of hydrogen-bond donors (Lipinski definition) is 3. The predicted octanol–water partition coefficient (Wildman–Crippen LogP) is -1.09. The molecule has 0 aromatic heterocycles. The molecule has 9 heavy (non-hydrogen) atoms. The fourth-order valence-corrected chi connectivity index (χ4v) is 0.0915. The molecule has 0 aliphatic carbocycles. The Hall–Kier alpha value is -1.10. The van der Waals surface area contributed by atoms with Crippen LogP contribution in [-0.4, -0.2) is 32.9 Å². The van der Waals surface area contributed by atoms with Crippen molar-refractivity contribution in [1.82, 2.24) is 0 Å². The fourth-order valence-electron chi connectivity index (χ4n) is 0.0915. The van der Waals surface area contributed by atoms with Gasteiger partial charge in [-0.1, -0.05) is 0 Å². The van der Waals surface area contributed by atoms with Gasteiger partial charge in [0.2, 0.25) is 0 Å². The van der Waals surface area contributed by atoms with Gasteiger partial charge in [-0.05, 0) is 6.92 Å². The van der Waals surface area contributed by atoms with Gasteiger partial charge in [-0.2, -0.15) is 0 Å². The monoisotopic (exact) mass is 134 g/mol. The molecule has 0 aromatic carbocycles. The summed E-state index contributed by atoms with van der Waals surface area (Å²) in [6.45, 7) is 0.692. The van der Waals surface area contributed by atoms with E-state index < -0.39 is 17.5 Å². The summed E-state index contributed by atoms with van der Waals surface area (Å²) in [5.74, 6) is -3.54. The van der Waals surface area contributed by atoms with Crippen molar-refractivity contribution >= 4 is 11.9 Å². The number of aliphatic hydroxyl groups is 1. The summed E-state index contributed by atoms with van der Waals surface area (Å²) in [6, 6.07) is 0. The first-order valence-electron chi connectivity index (χ1n) is 2.08. The Balaban J connectivity index is 4.38. The van der Waals surface area contributed by atoms with Crippen molar-refractivity contribution in [2.24, 2.45) is 0 Å². The summed E-state index contributed by atoms with van der Waals surface area (Å²) < 4.78 is 0. The molecular weight excluding hydrogens is 128 g/mol. The molecule has 0 spiro atoms. The van der Waals surface area contributed by atoms with E-state index in [4.69, 9.17) is 15.3 Å². The molecule has 0 radical (unpaired) electrons. The Kier molecular flexibility index (Phi) is 1.77. The highest BCUT2D eigenvalue weighted by molar-refractivity contribution is 6.00. The summed E-state index contributed by atoms with van der Waals surface area (Å²) in [5, 5.41) is 24.4. The van der Waals surface area contributed by atoms with Crippen LogP contribution in [0.2, 0.25) is 0 Å². The topological polar surface area (TPSA) is 94.8 Å². The molecule has 3 N–H and O–H groups in total. The predicted molar refractivity (Wildman–Crippen MR) is 25.9 cm³/mol. The van der Waals surface area contributed by atoms with Crippen LogP contribution >= 0.6 is 0 Å². The van der Waals surface area contributed by atoms with Crippen LogP contribution in [0.4, 0.5) is 0 Å². The van der Waals surface area contributed by atoms with Gasteiger partial charge in [-0.25, -0.2) is 9.59 Å². The van der Waals surface area contributed by atoms with Gasteiger partial charge in [0, 0.05) is 0 Å². The average molecular weight is 134 g/mol. The van der Waals surface area contributed by atoms with E-state index in [-0.39, 0.29) is 0 Å². The lowest BCUT2D eigenvalue weighted by molar-refractivity contribution is -0.173. The van der Waals surface area contributed by atoms with E-state index in [9.17, 15) is 9.59 Å². The van der Waals surface area contributed by atoms with Crippen molar-refractivity contribution in [3.05, 3.63) is 0 Å². The summed E-state index contributed by atoms with van der Waals surface area (Å²) in [4.78, 5) is 19.7. The van der Waals surface area contributed by atoms with E-state index in [1.165, 1.54) is 0 Å². The van der Waals surface area contributed by atoms with Crippen LogP contribution < -0.4 is 0 Å². The Morgan fingerprint density at radius 1 is 1.22 bits per heavy atom. The van der Waals surface area contributed by atoms with E-state index in [2.05, 4.69) is 0 Å². The van der Waals surface area contributed by atoms with Crippen molar-refractivity contribution in [1.29, 1.82) is 0 Å². The maximum atomic E-state index is 9.83. The third-order valence-electron chi connectivity index (χ3n) is 0.833. The first kappa shape index (κ1) is 7.90. The molecule has 0 atom stereocenters. The summed E-state index contributed by atoms with van der Waals surface area (Å²) >= 11 is 0. The first-order chi connectivity index (χ1) is 3.89. The molecule has 0 aliphatic heterocycles. The third-order valence-corrected chi connectivity index (χ3v) is 0.833. The van der Waals surface area contributed by atoms with Crippen LogP contribution in [0.5, 0.6) is 0 Å². The molecule has 0 saturated carbocycles. The van der Waals surface area contributed by atoms with Gasteiger partial charge in [0.1, 0.15) is 0 Å². The summed E-state index contributed by atoms with van der Waals surface area (Å²) in [5.41, 5.74) is -2.67. The number of hydrogen-bond acceptors (Lipinski definition) is 3. The lowest BCUT2D eigenvalue weighted by Gasteiger charge is -2.09. The van der Waals surface area contributed by atoms with Gasteiger partial charge >= 0.3 is 11.9 Å². The van der Waals surface area contributed by atoms with Crippen LogP contribution in [-0.2, 0) is 9.59 Å². The molecule has 0 heterocycles. The second-order valence-electron chi connectivity index (χ2n) is 1.68. The van der Waals surface area contributed by atoms with Crippen molar-refractivity contribution in [3.8, 4) is 0 Å². The van der Waals surface area contributed by atoms with Crippen LogP contribution in [0.15, 0.2) is 0 Å². The molecule has 0 unspecified atom stereocenters. The number of carbonyl (C=O) groups is 2. The van der Waals surface area contributed by atoms with Crippen LogP contribution in [0.25, 0.3) is 0 Å². The third kappa shape index (κ3) is 1.39. The lowest BCUT2D eigenvalue weighted by atomic mass is 10.1. The smallest absolute Gasteiger partial charge is 0.347 e. The second-order valence-corrected chi connectivity index (χ2v) is 1.68. The lowest BCUT2D eigenvalue weighted by Crippen LogP contribution is -2.43. The molecule has 0 fully saturated rings. The molecule has 0 amide bonds. The Morgan fingerprint density at radius 2 is 1.44 bits per heavy atom. The Bertz CT molecular complexity index is 131. The number of carboxylic acid groups (broad SMARTS) is 2. The fraction of sp³-hybridized carbons (Fsp3) is 0.500. The highest BCUT2D eigenvalue weighted by Crippen LogP contribution is 2.01. The molecule has 0 bridgehead atoms. The van der Waals surface area contributed by atoms with Crippen LogP contribution in [0.3, 0.4) is 0 Å². The maximum absolute atomic E-state index is 9.83. The summed E-state index contributed by atoms with van der Waals surface area (Å²) in [6.07, 6.45) is 0. The minimum atomic E-state index is -2.67. The molecule has 0 aliphatic rings. The normalized spacial score (nSPS) is 10.9. The number of carboxylic acids is 2. The van der Waals surface area contributed by atoms with Crippen molar-refractivity contribution < 1.29 is 24.9 Å². The first-order valence-corrected chi connectivity index (χ1v) is 2.08. The number of aliphatic carboxylic acids is 2. The highest BCUT2D eigenvalue weighted by Gasteiger charge is 2.38. The van der Waals surface area contributed by atoms with E-state index in [1.807, 2.05) is 0 Å².